The van der Waals surface area contributed by atoms with Gasteiger partial charge in [-0.1, -0.05) is 26.8 Å². The molecule has 0 saturated heterocycles. The quantitative estimate of drug-likeness (QED) is 0.231. The van der Waals surface area contributed by atoms with Gasteiger partial charge in [-0.05, 0) is 50.2 Å². The van der Waals surface area contributed by atoms with Gasteiger partial charge in [0.25, 0.3) is 0 Å². The van der Waals surface area contributed by atoms with Gasteiger partial charge in [-0.25, -0.2) is 0 Å². The van der Waals surface area contributed by atoms with E-state index in [-0.39, 0.29) is 17.9 Å². The lowest BCUT2D eigenvalue weighted by molar-refractivity contribution is -0.0870. The third-order valence-corrected chi connectivity index (χ3v) is 9.12. The smallest absolute Gasteiger partial charge is 0.191 e. The second kappa shape index (κ2) is 11.4. The van der Waals surface area contributed by atoms with E-state index in [1.807, 2.05) is 0 Å². The standard InChI is InChI=1S/C18H38O4Si/c1-8-11-16(19)14-17(21-15-20-5)12-9-10-13-22-23(6,7)18(2,3)4/h8,16-17,19H,1,9-15H2,2-7H3/t16-,17+/m0/s1. The zero-order valence-corrected chi connectivity index (χ0v) is 17.1. The summed E-state index contributed by atoms with van der Waals surface area (Å²) >= 11 is 0. The van der Waals surface area contributed by atoms with Gasteiger partial charge in [-0.15, -0.1) is 6.58 Å². The number of hydrogen-bond acceptors (Lipinski definition) is 4. The molecule has 0 heterocycles. The van der Waals surface area contributed by atoms with Gasteiger partial charge in [-0.3, -0.25) is 0 Å². The Labute approximate surface area is 144 Å². The Balaban J connectivity index is 4.09. The first-order valence-electron chi connectivity index (χ1n) is 8.67. The molecule has 2 atom stereocenters. The summed E-state index contributed by atoms with van der Waals surface area (Å²) < 4.78 is 16.8. The number of rotatable bonds is 13. The zero-order valence-electron chi connectivity index (χ0n) is 16.1. The van der Waals surface area contributed by atoms with Gasteiger partial charge in [0, 0.05) is 13.7 Å². The normalized spacial score (nSPS) is 15.4. The van der Waals surface area contributed by atoms with Crippen molar-refractivity contribution in [1.82, 2.24) is 0 Å². The molecule has 0 aliphatic heterocycles. The average Bonchev–Trinajstić information content (AvgIpc) is 2.42. The minimum Gasteiger partial charge on any atom is -0.417 e. The van der Waals surface area contributed by atoms with E-state index in [1.54, 1.807) is 13.2 Å². The van der Waals surface area contributed by atoms with E-state index in [4.69, 9.17) is 13.9 Å². The molecule has 23 heavy (non-hydrogen) atoms. The molecule has 0 aliphatic carbocycles. The first-order valence-corrected chi connectivity index (χ1v) is 11.6. The van der Waals surface area contributed by atoms with Crippen molar-refractivity contribution in [1.29, 1.82) is 0 Å². The molecule has 4 nitrogen and oxygen atoms in total. The van der Waals surface area contributed by atoms with Gasteiger partial charge in [0.1, 0.15) is 6.79 Å². The zero-order chi connectivity index (χ0) is 17.9. The Morgan fingerprint density at radius 1 is 1.22 bits per heavy atom. The fourth-order valence-electron chi connectivity index (χ4n) is 2.04. The molecule has 0 rings (SSSR count). The van der Waals surface area contributed by atoms with Crippen molar-refractivity contribution in [3.05, 3.63) is 12.7 Å². The maximum Gasteiger partial charge on any atom is 0.191 e. The van der Waals surface area contributed by atoms with Gasteiger partial charge in [0.05, 0.1) is 12.2 Å². The first kappa shape index (κ1) is 22.8. The van der Waals surface area contributed by atoms with Gasteiger partial charge in [-0.2, -0.15) is 0 Å². The van der Waals surface area contributed by atoms with E-state index in [9.17, 15) is 5.11 Å². The first-order chi connectivity index (χ1) is 10.6. The van der Waals surface area contributed by atoms with Crippen LogP contribution < -0.4 is 0 Å². The summed E-state index contributed by atoms with van der Waals surface area (Å²) in [6, 6.07) is 0. The van der Waals surface area contributed by atoms with Crippen LogP contribution in [0.5, 0.6) is 0 Å². The molecule has 0 aliphatic rings. The molecule has 0 spiro atoms. The fraction of sp³-hybridized carbons (Fsp3) is 0.889. The third kappa shape index (κ3) is 10.3. The number of ether oxygens (including phenoxy) is 2. The summed E-state index contributed by atoms with van der Waals surface area (Å²) in [5, 5.41) is 10.2. The lowest BCUT2D eigenvalue weighted by Crippen LogP contribution is -2.40. The molecule has 0 amide bonds. The Morgan fingerprint density at radius 2 is 1.87 bits per heavy atom. The van der Waals surface area contributed by atoms with Crippen LogP contribution in [-0.2, 0) is 13.9 Å². The lowest BCUT2D eigenvalue weighted by atomic mass is 10.0. The molecule has 5 heteroatoms. The van der Waals surface area contributed by atoms with Gasteiger partial charge < -0.3 is 19.0 Å². The van der Waals surface area contributed by atoms with E-state index in [0.29, 0.717) is 12.8 Å². The maximum absolute atomic E-state index is 9.91. The molecule has 0 fully saturated rings. The monoisotopic (exact) mass is 346 g/mol. The molecule has 0 unspecified atom stereocenters. The highest BCUT2D eigenvalue weighted by Crippen LogP contribution is 2.36. The van der Waals surface area contributed by atoms with Gasteiger partial charge >= 0.3 is 0 Å². The molecule has 0 saturated carbocycles. The molecule has 0 bridgehead atoms. The third-order valence-electron chi connectivity index (χ3n) is 4.58. The van der Waals surface area contributed by atoms with Gasteiger partial charge in [0.2, 0.25) is 0 Å². The van der Waals surface area contributed by atoms with Crippen LogP contribution in [0.15, 0.2) is 12.7 Å². The highest BCUT2D eigenvalue weighted by molar-refractivity contribution is 6.74. The highest BCUT2D eigenvalue weighted by Gasteiger charge is 2.36. The molecule has 0 radical (unpaired) electrons. The minimum absolute atomic E-state index is 0.0257. The van der Waals surface area contributed by atoms with Crippen LogP contribution in [0.25, 0.3) is 0 Å². The Bertz CT molecular complexity index is 313. The summed E-state index contributed by atoms with van der Waals surface area (Å²) in [6.07, 6.45) is 5.57. The van der Waals surface area contributed by atoms with Crippen molar-refractivity contribution in [3.8, 4) is 0 Å². The van der Waals surface area contributed by atoms with E-state index < -0.39 is 14.4 Å². The molecular formula is C18H38O4Si. The van der Waals surface area contributed by atoms with Crippen molar-refractivity contribution < 1.29 is 19.0 Å². The number of unbranched alkanes of at least 4 members (excludes halogenated alkanes) is 1. The van der Waals surface area contributed by atoms with Crippen molar-refractivity contribution in [2.45, 2.75) is 83.2 Å². The predicted molar refractivity (Wildman–Crippen MR) is 99.2 cm³/mol. The van der Waals surface area contributed by atoms with Crippen LogP contribution in [0.1, 0.15) is 52.9 Å². The Hall–Kier alpha value is -0.203. The Morgan fingerprint density at radius 3 is 2.39 bits per heavy atom. The fourth-order valence-corrected chi connectivity index (χ4v) is 3.13. The lowest BCUT2D eigenvalue weighted by Gasteiger charge is -2.36. The highest BCUT2D eigenvalue weighted by atomic mass is 28.4. The topological polar surface area (TPSA) is 47.9 Å². The molecule has 1 N–H and O–H groups in total. The van der Waals surface area contributed by atoms with Crippen LogP contribution >= 0.6 is 0 Å². The number of aliphatic hydroxyl groups excluding tert-OH is 1. The van der Waals surface area contributed by atoms with Gasteiger partial charge in [0.15, 0.2) is 8.32 Å². The van der Waals surface area contributed by atoms with Crippen LogP contribution in [0.4, 0.5) is 0 Å². The maximum atomic E-state index is 9.91. The molecule has 0 aromatic carbocycles. The number of hydrogen-bond donors (Lipinski definition) is 1. The SMILES string of the molecule is C=CC[C@H](O)C[C@@H](CCCCO[Si](C)(C)C(C)(C)C)OCOC. The van der Waals surface area contributed by atoms with Crippen molar-refractivity contribution >= 4 is 8.32 Å². The van der Waals surface area contributed by atoms with E-state index >= 15 is 0 Å². The van der Waals surface area contributed by atoms with E-state index in [0.717, 1.165) is 25.9 Å². The van der Waals surface area contributed by atoms with Crippen molar-refractivity contribution in [2.24, 2.45) is 0 Å². The number of aliphatic hydroxyl groups is 1. The predicted octanol–water partition coefficient (Wildman–Crippen LogP) is 4.49. The minimum atomic E-state index is -1.64. The van der Waals surface area contributed by atoms with E-state index in [2.05, 4.69) is 40.4 Å². The summed E-state index contributed by atoms with van der Waals surface area (Å²) in [4.78, 5) is 0. The number of methoxy groups -OCH3 is 1. The molecular weight excluding hydrogens is 308 g/mol. The molecule has 0 aromatic rings. The molecule has 138 valence electrons. The van der Waals surface area contributed by atoms with Crippen LogP contribution in [0.2, 0.25) is 18.1 Å². The van der Waals surface area contributed by atoms with Crippen molar-refractivity contribution in [3.63, 3.8) is 0 Å². The summed E-state index contributed by atoms with van der Waals surface area (Å²) in [7, 11) is -0.0269. The van der Waals surface area contributed by atoms with Crippen LogP contribution in [-0.4, -0.2) is 46.1 Å². The van der Waals surface area contributed by atoms with Crippen LogP contribution in [0, 0.1) is 0 Å². The largest absolute Gasteiger partial charge is 0.417 e. The van der Waals surface area contributed by atoms with Crippen molar-refractivity contribution in [2.75, 3.05) is 20.5 Å². The second-order valence-electron chi connectivity index (χ2n) is 7.71. The molecule has 0 aromatic heterocycles. The summed E-state index contributed by atoms with van der Waals surface area (Å²) in [5.74, 6) is 0. The summed E-state index contributed by atoms with van der Waals surface area (Å²) in [5.41, 5.74) is 0. The second-order valence-corrected chi connectivity index (χ2v) is 12.5. The van der Waals surface area contributed by atoms with Crippen LogP contribution in [0.3, 0.4) is 0 Å². The Kier molecular flexibility index (Phi) is 11.3. The van der Waals surface area contributed by atoms with E-state index in [1.165, 1.54) is 0 Å². The average molecular weight is 347 g/mol. The summed E-state index contributed by atoms with van der Waals surface area (Å²) in [6.45, 7) is 16.1.